The summed E-state index contributed by atoms with van der Waals surface area (Å²) in [6.45, 7) is 6.80. The van der Waals surface area contributed by atoms with Crippen LogP contribution in [0.1, 0.15) is 35.7 Å². The van der Waals surface area contributed by atoms with Crippen LogP contribution < -0.4 is 0 Å². The molecule has 0 aliphatic heterocycles. The Hall–Kier alpha value is -1.19. The van der Waals surface area contributed by atoms with E-state index in [0.717, 1.165) is 37.2 Å². The fourth-order valence-electron chi connectivity index (χ4n) is 2.00. The van der Waals surface area contributed by atoms with E-state index in [1.54, 1.807) is 0 Å². The molecule has 0 aliphatic carbocycles. The van der Waals surface area contributed by atoms with E-state index in [0.29, 0.717) is 6.42 Å². The van der Waals surface area contributed by atoms with Gasteiger partial charge in [-0.3, -0.25) is 4.79 Å². The summed E-state index contributed by atoms with van der Waals surface area (Å²) < 4.78 is 0. The van der Waals surface area contributed by atoms with Crippen LogP contribution in [-0.4, -0.2) is 42.0 Å². The van der Waals surface area contributed by atoms with Gasteiger partial charge in [-0.2, -0.15) is 0 Å². The molecule has 0 saturated carbocycles. The Morgan fingerprint density at radius 3 is 2.61 bits per heavy atom. The zero-order valence-corrected chi connectivity index (χ0v) is 11.4. The molecule has 0 amide bonds. The smallest absolute Gasteiger partial charge is 0.164 e. The van der Waals surface area contributed by atoms with Crippen LogP contribution in [0, 0.1) is 6.92 Å². The fraction of sp³-hybridized carbons (Fsp3) is 0.533. The van der Waals surface area contributed by atoms with Crippen molar-refractivity contribution in [3.05, 3.63) is 35.4 Å². The van der Waals surface area contributed by atoms with Crippen molar-refractivity contribution >= 4 is 5.78 Å². The van der Waals surface area contributed by atoms with Gasteiger partial charge in [0.05, 0.1) is 0 Å². The first-order valence-corrected chi connectivity index (χ1v) is 6.61. The Bertz CT molecular complexity index is 377. The summed E-state index contributed by atoms with van der Waals surface area (Å²) in [5.41, 5.74) is 1.87. The van der Waals surface area contributed by atoms with E-state index in [-0.39, 0.29) is 12.4 Å². The molecule has 1 rings (SSSR count). The molecule has 18 heavy (non-hydrogen) atoms. The minimum atomic E-state index is 0.204. The second-order valence-corrected chi connectivity index (χ2v) is 4.50. The molecule has 0 spiro atoms. The molecule has 0 aromatic heterocycles. The first-order valence-electron chi connectivity index (χ1n) is 6.61. The predicted molar refractivity (Wildman–Crippen MR) is 73.9 cm³/mol. The van der Waals surface area contributed by atoms with Crippen molar-refractivity contribution in [2.75, 3.05) is 26.2 Å². The van der Waals surface area contributed by atoms with Crippen LogP contribution in [0.3, 0.4) is 0 Å². The maximum atomic E-state index is 12.1. The second-order valence-electron chi connectivity index (χ2n) is 4.50. The maximum Gasteiger partial charge on any atom is 0.164 e. The quantitative estimate of drug-likeness (QED) is 0.719. The number of hydrogen-bond acceptors (Lipinski definition) is 3. The highest BCUT2D eigenvalue weighted by molar-refractivity contribution is 5.97. The summed E-state index contributed by atoms with van der Waals surface area (Å²) >= 11 is 0. The predicted octanol–water partition coefficient (Wildman–Crippen LogP) is 2.27. The van der Waals surface area contributed by atoms with Crippen molar-refractivity contribution in [3.63, 3.8) is 0 Å². The van der Waals surface area contributed by atoms with Crippen molar-refractivity contribution in [2.24, 2.45) is 0 Å². The molecule has 3 nitrogen and oxygen atoms in total. The number of aliphatic hydroxyl groups excluding tert-OH is 1. The lowest BCUT2D eigenvalue weighted by Crippen LogP contribution is -2.28. The molecular formula is C15H23NO2. The largest absolute Gasteiger partial charge is 0.396 e. The topological polar surface area (TPSA) is 40.5 Å². The normalized spacial score (nSPS) is 10.9. The van der Waals surface area contributed by atoms with E-state index in [1.807, 2.05) is 31.2 Å². The Kier molecular flexibility index (Phi) is 6.61. The highest BCUT2D eigenvalue weighted by atomic mass is 16.3. The second kappa shape index (κ2) is 8.01. The van der Waals surface area contributed by atoms with Crippen LogP contribution in [-0.2, 0) is 0 Å². The van der Waals surface area contributed by atoms with Crippen LogP contribution >= 0.6 is 0 Å². The van der Waals surface area contributed by atoms with Crippen LogP contribution in [0.15, 0.2) is 24.3 Å². The molecule has 100 valence electrons. The lowest BCUT2D eigenvalue weighted by Gasteiger charge is -2.19. The standard InChI is InChI=1S/C15H23NO2/c1-3-16(10-6-12-17)11-9-15(18)14-8-5-4-7-13(14)2/h4-5,7-8,17H,3,6,9-12H2,1-2H3. The number of benzene rings is 1. The summed E-state index contributed by atoms with van der Waals surface area (Å²) in [4.78, 5) is 14.3. The number of hydrogen-bond donors (Lipinski definition) is 1. The van der Waals surface area contributed by atoms with Crippen molar-refractivity contribution in [1.29, 1.82) is 0 Å². The molecular weight excluding hydrogens is 226 g/mol. The number of carbonyl (C=O) groups is 1. The van der Waals surface area contributed by atoms with Gasteiger partial charge in [0.25, 0.3) is 0 Å². The van der Waals surface area contributed by atoms with E-state index < -0.39 is 0 Å². The summed E-state index contributed by atoms with van der Waals surface area (Å²) in [6, 6.07) is 7.72. The zero-order chi connectivity index (χ0) is 13.4. The molecule has 0 atom stereocenters. The van der Waals surface area contributed by atoms with Gasteiger partial charge >= 0.3 is 0 Å². The summed E-state index contributed by atoms with van der Waals surface area (Å²) in [6.07, 6.45) is 1.32. The molecule has 0 unspecified atom stereocenters. The Morgan fingerprint density at radius 2 is 2.00 bits per heavy atom. The molecule has 1 N–H and O–H groups in total. The zero-order valence-electron chi connectivity index (χ0n) is 11.4. The van der Waals surface area contributed by atoms with Gasteiger partial charge in [-0.05, 0) is 25.5 Å². The molecule has 0 heterocycles. The number of aryl methyl sites for hydroxylation is 1. The van der Waals surface area contributed by atoms with Gasteiger partial charge in [-0.1, -0.05) is 31.2 Å². The minimum absolute atomic E-state index is 0.204. The van der Waals surface area contributed by atoms with Gasteiger partial charge in [0.2, 0.25) is 0 Å². The Labute approximate surface area is 109 Å². The molecule has 1 aromatic carbocycles. The highest BCUT2D eigenvalue weighted by Crippen LogP contribution is 2.10. The van der Waals surface area contributed by atoms with Crippen molar-refractivity contribution in [2.45, 2.75) is 26.7 Å². The average Bonchev–Trinajstić information content (AvgIpc) is 2.39. The van der Waals surface area contributed by atoms with Gasteiger partial charge in [0.1, 0.15) is 0 Å². The molecule has 0 radical (unpaired) electrons. The third-order valence-electron chi connectivity index (χ3n) is 3.18. The minimum Gasteiger partial charge on any atom is -0.396 e. The highest BCUT2D eigenvalue weighted by Gasteiger charge is 2.10. The molecule has 3 heteroatoms. The first-order chi connectivity index (χ1) is 8.69. The lowest BCUT2D eigenvalue weighted by atomic mass is 10.0. The summed E-state index contributed by atoms with van der Waals surface area (Å²) in [5, 5.41) is 8.81. The number of ketones is 1. The van der Waals surface area contributed by atoms with Crippen molar-refractivity contribution < 1.29 is 9.90 Å². The average molecular weight is 249 g/mol. The van der Waals surface area contributed by atoms with Crippen molar-refractivity contribution in [1.82, 2.24) is 4.90 Å². The van der Waals surface area contributed by atoms with E-state index in [1.165, 1.54) is 0 Å². The number of carbonyl (C=O) groups excluding carboxylic acids is 1. The van der Waals surface area contributed by atoms with Gasteiger partial charge in [-0.15, -0.1) is 0 Å². The van der Waals surface area contributed by atoms with Crippen LogP contribution in [0.4, 0.5) is 0 Å². The van der Waals surface area contributed by atoms with Gasteiger partial charge < -0.3 is 10.0 Å². The van der Waals surface area contributed by atoms with E-state index in [2.05, 4.69) is 11.8 Å². The summed E-state index contributed by atoms with van der Waals surface area (Å²) in [5.74, 6) is 0.204. The van der Waals surface area contributed by atoms with Crippen LogP contribution in [0.25, 0.3) is 0 Å². The molecule has 0 saturated heterocycles. The third-order valence-corrected chi connectivity index (χ3v) is 3.18. The molecule has 0 aliphatic rings. The maximum absolute atomic E-state index is 12.1. The third kappa shape index (κ3) is 4.59. The first kappa shape index (κ1) is 14.9. The lowest BCUT2D eigenvalue weighted by molar-refractivity contribution is 0.0963. The van der Waals surface area contributed by atoms with Crippen LogP contribution in [0.2, 0.25) is 0 Å². The van der Waals surface area contributed by atoms with E-state index in [9.17, 15) is 4.79 Å². The number of nitrogens with zero attached hydrogens (tertiary/aromatic N) is 1. The van der Waals surface area contributed by atoms with Gasteiger partial charge in [0, 0.05) is 31.7 Å². The number of rotatable bonds is 8. The Morgan fingerprint density at radius 1 is 1.28 bits per heavy atom. The Balaban J connectivity index is 2.47. The van der Waals surface area contributed by atoms with E-state index in [4.69, 9.17) is 5.11 Å². The number of Topliss-reactive ketones (excluding diaryl/α,β-unsaturated/α-hetero) is 1. The van der Waals surface area contributed by atoms with Gasteiger partial charge in [0.15, 0.2) is 5.78 Å². The van der Waals surface area contributed by atoms with Crippen LogP contribution in [0.5, 0.6) is 0 Å². The van der Waals surface area contributed by atoms with Gasteiger partial charge in [-0.25, -0.2) is 0 Å². The summed E-state index contributed by atoms with van der Waals surface area (Å²) in [7, 11) is 0. The molecule has 0 bridgehead atoms. The molecule has 0 fully saturated rings. The fourth-order valence-corrected chi connectivity index (χ4v) is 2.00. The SMILES string of the molecule is CCN(CCCO)CCC(=O)c1ccccc1C. The monoisotopic (exact) mass is 249 g/mol. The van der Waals surface area contributed by atoms with E-state index >= 15 is 0 Å². The molecule has 1 aromatic rings. The van der Waals surface area contributed by atoms with Crippen molar-refractivity contribution in [3.8, 4) is 0 Å². The number of aliphatic hydroxyl groups is 1.